The van der Waals surface area contributed by atoms with Crippen molar-refractivity contribution in [2.45, 2.75) is 40.2 Å². The van der Waals surface area contributed by atoms with E-state index in [1.54, 1.807) is 0 Å². The van der Waals surface area contributed by atoms with Crippen molar-refractivity contribution in [3.8, 4) is 5.75 Å². The highest BCUT2D eigenvalue weighted by molar-refractivity contribution is 5.92. The van der Waals surface area contributed by atoms with Crippen molar-refractivity contribution in [1.29, 1.82) is 0 Å². The van der Waals surface area contributed by atoms with E-state index in [1.165, 1.54) is 6.92 Å². The first kappa shape index (κ1) is 16.1. The molecule has 0 radical (unpaired) electrons. The lowest BCUT2D eigenvalue weighted by Gasteiger charge is -2.20. The molecular weight excluding hydrogens is 274 g/mol. The molecule has 0 saturated carbocycles. The molecule has 0 aliphatic rings. The largest absolute Gasteiger partial charge is 0.486 e. The second kappa shape index (κ2) is 7.12. The maximum Gasteiger partial charge on any atom is 0.221 e. The Balaban J connectivity index is 2.35. The molecule has 0 saturated heterocycles. The van der Waals surface area contributed by atoms with Gasteiger partial charge in [-0.15, -0.1) is 0 Å². The van der Waals surface area contributed by atoms with E-state index >= 15 is 0 Å². The van der Waals surface area contributed by atoms with Gasteiger partial charge in [-0.25, -0.2) is 0 Å². The molecule has 0 spiro atoms. The topological polar surface area (TPSA) is 38.3 Å². The van der Waals surface area contributed by atoms with E-state index in [4.69, 9.17) is 4.74 Å². The lowest BCUT2D eigenvalue weighted by Crippen LogP contribution is -2.12. The van der Waals surface area contributed by atoms with Gasteiger partial charge in [0.15, 0.2) is 0 Å². The van der Waals surface area contributed by atoms with Crippen LogP contribution in [0.4, 0.5) is 5.69 Å². The number of carbonyl (C=O) groups excluding carboxylic acids is 1. The van der Waals surface area contributed by atoms with E-state index < -0.39 is 0 Å². The van der Waals surface area contributed by atoms with Crippen LogP contribution in [0.25, 0.3) is 0 Å². The minimum atomic E-state index is -0.0861. The second-order valence-electron chi connectivity index (χ2n) is 5.79. The first-order valence-corrected chi connectivity index (χ1v) is 7.57. The average molecular weight is 297 g/mol. The minimum absolute atomic E-state index is 0.0861. The Morgan fingerprint density at radius 2 is 1.82 bits per heavy atom. The number of amides is 1. The van der Waals surface area contributed by atoms with E-state index in [1.807, 2.05) is 43.3 Å². The molecule has 0 atom stereocenters. The van der Waals surface area contributed by atoms with Crippen LogP contribution in [0, 0.1) is 6.92 Å². The summed E-state index contributed by atoms with van der Waals surface area (Å²) in [4.78, 5) is 11.6. The highest BCUT2D eigenvalue weighted by Gasteiger charge is 2.16. The van der Waals surface area contributed by atoms with Gasteiger partial charge in [0.1, 0.15) is 12.4 Å². The minimum Gasteiger partial charge on any atom is -0.486 e. The molecule has 0 unspecified atom stereocenters. The van der Waals surface area contributed by atoms with E-state index in [0.717, 1.165) is 28.1 Å². The van der Waals surface area contributed by atoms with Gasteiger partial charge < -0.3 is 10.1 Å². The Morgan fingerprint density at radius 1 is 1.14 bits per heavy atom. The molecule has 0 heterocycles. The van der Waals surface area contributed by atoms with Gasteiger partial charge >= 0.3 is 0 Å². The van der Waals surface area contributed by atoms with E-state index in [-0.39, 0.29) is 5.91 Å². The number of nitrogens with one attached hydrogen (secondary N) is 1. The number of rotatable bonds is 5. The Labute approximate surface area is 132 Å². The Morgan fingerprint density at radius 3 is 2.41 bits per heavy atom. The number of hydrogen-bond donors (Lipinski definition) is 1. The van der Waals surface area contributed by atoms with Gasteiger partial charge in [0, 0.05) is 6.92 Å². The quantitative estimate of drug-likeness (QED) is 0.872. The van der Waals surface area contributed by atoms with Crippen molar-refractivity contribution in [2.24, 2.45) is 0 Å². The molecule has 3 heteroatoms. The lowest BCUT2D eigenvalue weighted by molar-refractivity contribution is -0.114. The Kier molecular flexibility index (Phi) is 5.21. The number of carbonyl (C=O) groups is 1. The summed E-state index contributed by atoms with van der Waals surface area (Å²) in [6.45, 7) is 8.22. The monoisotopic (exact) mass is 297 g/mol. The SMILES string of the molecule is CC(=O)Nc1c(C(C)C)ccc(C)c1OCc1ccccc1. The van der Waals surface area contributed by atoms with Crippen LogP contribution >= 0.6 is 0 Å². The second-order valence-corrected chi connectivity index (χ2v) is 5.79. The van der Waals surface area contributed by atoms with Crippen LogP contribution in [0.1, 0.15) is 43.4 Å². The zero-order valence-corrected chi connectivity index (χ0v) is 13.6. The van der Waals surface area contributed by atoms with Crippen LogP contribution < -0.4 is 10.1 Å². The summed E-state index contributed by atoms with van der Waals surface area (Å²) in [6, 6.07) is 14.1. The summed E-state index contributed by atoms with van der Waals surface area (Å²) in [5.41, 5.74) is 4.00. The number of benzene rings is 2. The van der Waals surface area contributed by atoms with Gasteiger partial charge in [-0.2, -0.15) is 0 Å². The Bertz CT molecular complexity index is 648. The summed E-state index contributed by atoms with van der Waals surface area (Å²) in [5, 5.41) is 2.94. The van der Waals surface area contributed by atoms with Crippen LogP contribution in [-0.4, -0.2) is 5.91 Å². The maximum atomic E-state index is 11.6. The summed E-state index contributed by atoms with van der Waals surface area (Å²) in [6.07, 6.45) is 0. The first-order valence-electron chi connectivity index (χ1n) is 7.57. The first-order chi connectivity index (χ1) is 10.5. The molecule has 0 aromatic heterocycles. The highest BCUT2D eigenvalue weighted by atomic mass is 16.5. The van der Waals surface area contributed by atoms with Crippen molar-refractivity contribution >= 4 is 11.6 Å². The smallest absolute Gasteiger partial charge is 0.221 e. The third-order valence-corrected chi connectivity index (χ3v) is 3.54. The molecule has 2 aromatic carbocycles. The number of anilines is 1. The molecule has 0 aliphatic heterocycles. The van der Waals surface area contributed by atoms with Gasteiger partial charge in [-0.1, -0.05) is 56.3 Å². The Hall–Kier alpha value is -2.29. The standard InChI is InChI=1S/C19H23NO2/c1-13(2)17-11-10-14(3)19(18(17)20-15(4)21)22-12-16-8-6-5-7-9-16/h5-11,13H,12H2,1-4H3,(H,20,21). The average Bonchev–Trinajstić information content (AvgIpc) is 2.47. The molecule has 116 valence electrons. The van der Waals surface area contributed by atoms with Crippen molar-refractivity contribution in [1.82, 2.24) is 0 Å². The van der Waals surface area contributed by atoms with Crippen LogP contribution in [0.3, 0.4) is 0 Å². The predicted molar refractivity (Wildman–Crippen MR) is 90.3 cm³/mol. The molecule has 1 amide bonds. The molecule has 22 heavy (non-hydrogen) atoms. The fourth-order valence-corrected chi connectivity index (χ4v) is 2.40. The molecule has 3 nitrogen and oxygen atoms in total. The fraction of sp³-hybridized carbons (Fsp3) is 0.316. The van der Waals surface area contributed by atoms with Crippen molar-refractivity contribution in [3.05, 3.63) is 59.2 Å². The maximum absolute atomic E-state index is 11.6. The van der Waals surface area contributed by atoms with Gasteiger partial charge in [0.25, 0.3) is 0 Å². The predicted octanol–water partition coefficient (Wildman–Crippen LogP) is 4.66. The zero-order valence-electron chi connectivity index (χ0n) is 13.6. The van der Waals surface area contributed by atoms with Gasteiger partial charge in [0.05, 0.1) is 5.69 Å². The fourth-order valence-electron chi connectivity index (χ4n) is 2.40. The molecule has 0 aliphatic carbocycles. The van der Waals surface area contributed by atoms with Crippen LogP contribution in [0.15, 0.2) is 42.5 Å². The number of hydrogen-bond acceptors (Lipinski definition) is 2. The summed E-state index contributed by atoms with van der Waals surface area (Å²) in [7, 11) is 0. The van der Waals surface area contributed by atoms with Crippen molar-refractivity contribution in [2.75, 3.05) is 5.32 Å². The van der Waals surface area contributed by atoms with E-state index in [2.05, 4.69) is 25.2 Å². The van der Waals surface area contributed by atoms with Crippen molar-refractivity contribution < 1.29 is 9.53 Å². The van der Waals surface area contributed by atoms with Gasteiger partial charge in [-0.3, -0.25) is 4.79 Å². The van der Waals surface area contributed by atoms with Gasteiger partial charge in [-0.05, 0) is 29.5 Å². The summed E-state index contributed by atoms with van der Waals surface area (Å²) >= 11 is 0. The normalized spacial score (nSPS) is 10.6. The zero-order chi connectivity index (χ0) is 16.1. The summed E-state index contributed by atoms with van der Waals surface area (Å²) < 4.78 is 6.03. The lowest BCUT2D eigenvalue weighted by atomic mass is 9.98. The van der Waals surface area contributed by atoms with E-state index in [0.29, 0.717) is 12.5 Å². The molecule has 2 rings (SSSR count). The number of ether oxygens (including phenoxy) is 1. The molecule has 0 fully saturated rings. The molecule has 2 aromatic rings. The van der Waals surface area contributed by atoms with E-state index in [9.17, 15) is 4.79 Å². The molecule has 0 bridgehead atoms. The third kappa shape index (κ3) is 3.88. The van der Waals surface area contributed by atoms with Gasteiger partial charge in [0.2, 0.25) is 5.91 Å². The van der Waals surface area contributed by atoms with Crippen molar-refractivity contribution in [3.63, 3.8) is 0 Å². The van der Waals surface area contributed by atoms with Crippen LogP contribution in [-0.2, 0) is 11.4 Å². The van der Waals surface area contributed by atoms with Crippen LogP contribution in [0.2, 0.25) is 0 Å². The molecule has 1 N–H and O–H groups in total. The summed E-state index contributed by atoms with van der Waals surface area (Å²) in [5.74, 6) is 0.976. The number of aryl methyl sites for hydroxylation is 1. The highest BCUT2D eigenvalue weighted by Crippen LogP contribution is 2.36. The molecular formula is C19H23NO2. The van der Waals surface area contributed by atoms with Crippen LogP contribution in [0.5, 0.6) is 5.75 Å². The third-order valence-electron chi connectivity index (χ3n) is 3.54.